The number of hydrogen-bond donors (Lipinski definition) is 1. The molecule has 1 rings (SSSR count). The molecule has 0 aromatic heterocycles. The summed E-state index contributed by atoms with van der Waals surface area (Å²) in [6, 6.07) is 6.90. The Bertz CT molecular complexity index is 547. The van der Waals surface area contributed by atoms with Crippen molar-refractivity contribution in [2.45, 2.75) is 73.1 Å². The van der Waals surface area contributed by atoms with Gasteiger partial charge in [0.1, 0.15) is 5.60 Å². The molecule has 0 aliphatic rings. The van der Waals surface area contributed by atoms with Crippen LogP contribution in [-0.2, 0) is 4.74 Å². The summed E-state index contributed by atoms with van der Waals surface area (Å²) >= 11 is 0. The minimum absolute atomic E-state index is 0.110. The van der Waals surface area contributed by atoms with Crippen LogP contribution in [0.4, 0.5) is 4.79 Å². The van der Waals surface area contributed by atoms with Gasteiger partial charge in [0.25, 0.3) is 0 Å². The molecule has 0 saturated heterocycles. The summed E-state index contributed by atoms with van der Waals surface area (Å²) in [5.74, 6) is 0. The van der Waals surface area contributed by atoms with Gasteiger partial charge in [-0.05, 0) is 72.1 Å². The molecule has 0 aliphatic carbocycles. The Morgan fingerprint density at radius 3 is 2.29 bits per heavy atom. The van der Waals surface area contributed by atoms with Crippen LogP contribution >= 0.6 is 0 Å². The highest BCUT2D eigenvalue weighted by atomic mass is 16.6. The molecule has 0 aliphatic heterocycles. The highest BCUT2D eigenvalue weighted by Crippen LogP contribution is 2.17. The number of hydrogen-bond acceptors (Lipinski definition) is 3. The molecule has 136 valence electrons. The van der Waals surface area contributed by atoms with E-state index in [1.165, 1.54) is 16.7 Å². The molecule has 1 atom stereocenters. The van der Waals surface area contributed by atoms with Gasteiger partial charge in [-0.1, -0.05) is 18.2 Å². The first-order valence-electron chi connectivity index (χ1n) is 8.81. The second-order valence-corrected chi connectivity index (χ2v) is 7.79. The van der Waals surface area contributed by atoms with Crippen LogP contribution in [0.3, 0.4) is 0 Å². The van der Waals surface area contributed by atoms with Crippen molar-refractivity contribution in [3.8, 4) is 0 Å². The Hall–Kier alpha value is -1.55. The Balaban J connectivity index is 2.58. The molecule has 1 aromatic rings. The molecule has 0 radical (unpaired) electrons. The van der Waals surface area contributed by atoms with Gasteiger partial charge in [0, 0.05) is 25.2 Å². The lowest BCUT2D eigenvalue weighted by Gasteiger charge is -2.30. The van der Waals surface area contributed by atoms with Crippen LogP contribution in [0.2, 0.25) is 0 Å². The topological polar surface area (TPSA) is 41.6 Å². The number of amides is 1. The Kier molecular flexibility index (Phi) is 7.27. The molecule has 1 unspecified atom stereocenters. The zero-order valence-corrected chi connectivity index (χ0v) is 16.6. The third-order valence-electron chi connectivity index (χ3n) is 4.09. The predicted octanol–water partition coefficient (Wildman–Crippen LogP) is 4.60. The highest BCUT2D eigenvalue weighted by Gasteiger charge is 2.23. The van der Waals surface area contributed by atoms with Crippen molar-refractivity contribution in [2.75, 3.05) is 13.1 Å². The summed E-state index contributed by atoms with van der Waals surface area (Å²) < 4.78 is 5.49. The van der Waals surface area contributed by atoms with Gasteiger partial charge in [-0.25, -0.2) is 4.79 Å². The van der Waals surface area contributed by atoms with E-state index in [2.05, 4.69) is 44.3 Å². The average molecular weight is 335 g/mol. The van der Waals surface area contributed by atoms with Crippen LogP contribution in [0.25, 0.3) is 0 Å². The van der Waals surface area contributed by atoms with Gasteiger partial charge in [-0.3, -0.25) is 0 Å². The van der Waals surface area contributed by atoms with Gasteiger partial charge in [0.05, 0.1) is 0 Å². The van der Waals surface area contributed by atoms with Crippen molar-refractivity contribution in [1.29, 1.82) is 0 Å². The normalized spacial score (nSPS) is 13.0. The summed E-state index contributed by atoms with van der Waals surface area (Å²) in [5, 5.41) is 3.50. The molecule has 1 amide bonds. The first-order valence-corrected chi connectivity index (χ1v) is 8.81. The summed E-state index contributed by atoms with van der Waals surface area (Å²) in [5.41, 5.74) is 3.41. The van der Waals surface area contributed by atoms with E-state index in [9.17, 15) is 4.79 Å². The fourth-order valence-electron chi connectivity index (χ4n) is 2.43. The fourth-order valence-corrected chi connectivity index (χ4v) is 2.43. The van der Waals surface area contributed by atoms with Crippen LogP contribution in [-0.4, -0.2) is 35.7 Å². The third-order valence-corrected chi connectivity index (χ3v) is 4.09. The maximum atomic E-state index is 12.3. The van der Waals surface area contributed by atoms with Crippen molar-refractivity contribution < 1.29 is 9.53 Å². The van der Waals surface area contributed by atoms with Gasteiger partial charge in [-0.2, -0.15) is 0 Å². The zero-order valence-electron chi connectivity index (χ0n) is 16.6. The molecule has 0 fully saturated rings. The number of aryl methyl sites for hydroxylation is 2. The minimum Gasteiger partial charge on any atom is -0.444 e. The monoisotopic (exact) mass is 334 g/mol. The van der Waals surface area contributed by atoms with E-state index >= 15 is 0 Å². The van der Waals surface area contributed by atoms with Crippen LogP contribution in [0.15, 0.2) is 18.2 Å². The van der Waals surface area contributed by atoms with E-state index < -0.39 is 5.60 Å². The van der Waals surface area contributed by atoms with Crippen molar-refractivity contribution in [1.82, 2.24) is 10.2 Å². The summed E-state index contributed by atoms with van der Waals surface area (Å²) in [6.07, 6.45) is -0.252. The van der Waals surface area contributed by atoms with Crippen LogP contribution in [0.5, 0.6) is 0 Å². The highest BCUT2D eigenvalue weighted by molar-refractivity contribution is 5.68. The lowest BCUT2D eigenvalue weighted by atomic mass is 10.0. The number of ether oxygens (including phenoxy) is 1. The number of nitrogens with zero attached hydrogens (tertiary/aromatic N) is 1. The molecule has 4 heteroatoms. The van der Waals surface area contributed by atoms with Crippen LogP contribution < -0.4 is 5.32 Å². The number of carbonyl (C=O) groups is 1. The van der Waals surface area contributed by atoms with Crippen molar-refractivity contribution in [2.24, 2.45) is 0 Å². The maximum absolute atomic E-state index is 12.3. The molecular weight excluding hydrogens is 300 g/mol. The second kappa shape index (κ2) is 8.52. The third kappa shape index (κ3) is 6.52. The van der Waals surface area contributed by atoms with E-state index in [-0.39, 0.29) is 18.2 Å². The standard InChI is InChI=1S/C20H34N2O2/c1-14(2)22(19(23)24-20(6,7)8)12-11-21-17(5)18-10-9-15(3)16(4)13-18/h9-10,13-14,17,21H,11-12H2,1-8H3. The molecule has 4 nitrogen and oxygen atoms in total. The first-order chi connectivity index (χ1) is 11.0. The maximum Gasteiger partial charge on any atom is 0.410 e. The lowest BCUT2D eigenvalue weighted by molar-refractivity contribution is 0.0192. The number of carbonyl (C=O) groups excluding carboxylic acids is 1. The van der Waals surface area contributed by atoms with Crippen LogP contribution in [0, 0.1) is 13.8 Å². The molecule has 1 aromatic carbocycles. The van der Waals surface area contributed by atoms with E-state index in [0.29, 0.717) is 6.54 Å². The van der Waals surface area contributed by atoms with Gasteiger partial charge in [0.2, 0.25) is 0 Å². The zero-order chi connectivity index (χ0) is 18.5. The summed E-state index contributed by atoms with van der Waals surface area (Å²) in [7, 11) is 0. The van der Waals surface area contributed by atoms with Crippen LogP contribution in [0.1, 0.15) is 64.3 Å². The molecule has 0 spiro atoms. The molecule has 0 heterocycles. The Morgan fingerprint density at radius 2 is 1.79 bits per heavy atom. The number of nitrogens with one attached hydrogen (secondary N) is 1. The fraction of sp³-hybridized carbons (Fsp3) is 0.650. The SMILES string of the molecule is Cc1ccc(C(C)NCCN(C(=O)OC(C)(C)C)C(C)C)cc1C. The van der Waals surface area contributed by atoms with E-state index in [1.54, 1.807) is 4.90 Å². The first kappa shape index (κ1) is 20.5. The Labute approximate surface area is 147 Å². The summed E-state index contributed by atoms with van der Waals surface area (Å²) in [4.78, 5) is 14.1. The van der Waals surface area contributed by atoms with Gasteiger partial charge in [-0.15, -0.1) is 0 Å². The minimum atomic E-state index is -0.468. The molecule has 0 bridgehead atoms. The molecule has 1 N–H and O–H groups in total. The smallest absolute Gasteiger partial charge is 0.410 e. The van der Waals surface area contributed by atoms with E-state index in [1.807, 2.05) is 34.6 Å². The quantitative estimate of drug-likeness (QED) is 0.826. The van der Waals surface area contributed by atoms with E-state index in [0.717, 1.165) is 6.54 Å². The second-order valence-electron chi connectivity index (χ2n) is 7.79. The van der Waals surface area contributed by atoms with Gasteiger partial charge >= 0.3 is 6.09 Å². The number of rotatable bonds is 6. The Morgan fingerprint density at radius 1 is 1.17 bits per heavy atom. The van der Waals surface area contributed by atoms with Gasteiger partial charge in [0.15, 0.2) is 0 Å². The molecule has 24 heavy (non-hydrogen) atoms. The summed E-state index contributed by atoms with van der Waals surface area (Å²) in [6.45, 7) is 17.5. The van der Waals surface area contributed by atoms with Crippen molar-refractivity contribution >= 4 is 6.09 Å². The average Bonchev–Trinajstić information content (AvgIpc) is 2.43. The lowest BCUT2D eigenvalue weighted by Crippen LogP contribution is -2.44. The van der Waals surface area contributed by atoms with Gasteiger partial charge < -0.3 is 15.0 Å². The number of benzene rings is 1. The van der Waals surface area contributed by atoms with Crippen molar-refractivity contribution in [3.05, 3.63) is 34.9 Å². The molecular formula is C20H34N2O2. The van der Waals surface area contributed by atoms with E-state index in [4.69, 9.17) is 4.74 Å². The predicted molar refractivity (Wildman–Crippen MR) is 100 cm³/mol. The largest absolute Gasteiger partial charge is 0.444 e. The molecule has 0 saturated carbocycles. The van der Waals surface area contributed by atoms with Crippen molar-refractivity contribution in [3.63, 3.8) is 0 Å².